The fraction of sp³-hybridized carbons (Fsp3) is 0.882. The molecule has 1 aliphatic heterocycles. The molecule has 1 aromatic heterocycles. The highest BCUT2D eigenvalue weighted by atomic mass is 16.3. The molecule has 22 heavy (non-hydrogen) atoms. The van der Waals surface area contributed by atoms with Crippen molar-refractivity contribution in [3.05, 3.63) is 11.6 Å². The molecule has 5 heteroatoms. The van der Waals surface area contributed by atoms with E-state index in [0.717, 1.165) is 44.1 Å². The van der Waals surface area contributed by atoms with Crippen LogP contribution in [0, 0.1) is 13.8 Å². The maximum atomic E-state index is 10.9. The van der Waals surface area contributed by atoms with Crippen LogP contribution in [0.1, 0.15) is 63.0 Å². The third-order valence-electron chi connectivity index (χ3n) is 5.38. The fourth-order valence-corrected chi connectivity index (χ4v) is 4.15. The molecule has 1 N–H and O–H groups in total. The second-order valence-corrected chi connectivity index (χ2v) is 7.29. The first-order valence-corrected chi connectivity index (χ1v) is 8.90. The van der Waals surface area contributed by atoms with E-state index in [1.807, 2.05) is 18.5 Å². The minimum atomic E-state index is -0.457. The van der Waals surface area contributed by atoms with Crippen LogP contribution in [-0.4, -0.2) is 49.5 Å². The molecule has 0 aromatic carbocycles. The second kappa shape index (κ2) is 6.67. The van der Waals surface area contributed by atoms with Gasteiger partial charge in [0.15, 0.2) is 0 Å². The molecule has 0 amide bonds. The lowest BCUT2D eigenvalue weighted by atomic mass is 9.83. The Morgan fingerprint density at radius 3 is 2.59 bits per heavy atom. The number of nitrogens with zero attached hydrogens (tertiary/aromatic N) is 4. The molecule has 1 saturated carbocycles. The van der Waals surface area contributed by atoms with E-state index in [4.69, 9.17) is 0 Å². The predicted molar refractivity (Wildman–Crippen MR) is 86.7 cm³/mol. The lowest BCUT2D eigenvalue weighted by molar-refractivity contribution is -0.0443. The molecule has 2 heterocycles. The molecular formula is C17H30N4O. The van der Waals surface area contributed by atoms with E-state index < -0.39 is 5.60 Å². The summed E-state index contributed by atoms with van der Waals surface area (Å²) in [5.41, 5.74) is -0.457. The minimum Gasteiger partial charge on any atom is -0.389 e. The van der Waals surface area contributed by atoms with E-state index in [2.05, 4.69) is 15.0 Å². The standard InChI is InChI=1S/C17H30N4O/c1-14-18-15(2)21(19-14)12-16-8-4-7-11-20(16)13-17(22)9-5-3-6-10-17/h16,22H,3-13H2,1-2H3. The monoisotopic (exact) mass is 306 g/mol. The Hall–Kier alpha value is -0.940. The van der Waals surface area contributed by atoms with Gasteiger partial charge in [0.25, 0.3) is 0 Å². The molecule has 124 valence electrons. The predicted octanol–water partition coefficient (Wildman–Crippen LogP) is 2.44. The third kappa shape index (κ3) is 3.69. The molecule has 0 bridgehead atoms. The minimum absolute atomic E-state index is 0.457. The van der Waals surface area contributed by atoms with Gasteiger partial charge in [0.05, 0.1) is 12.1 Å². The largest absolute Gasteiger partial charge is 0.389 e. The van der Waals surface area contributed by atoms with Gasteiger partial charge in [-0.2, -0.15) is 5.10 Å². The van der Waals surface area contributed by atoms with Gasteiger partial charge >= 0.3 is 0 Å². The Kier molecular flexibility index (Phi) is 4.83. The number of hydrogen-bond donors (Lipinski definition) is 1. The van der Waals surface area contributed by atoms with Crippen LogP contribution in [0.25, 0.3) is 0 Å². The molecule has 5 nitrogen and oxygen atoms in total. The van der Waals surface area contributed by atoms with Crippen molar-refractivity contribution in [1.29, 1.82) is 0 Å². The molecule has 0 spiro atoms. The van der Waals surface area contributed by atoms with Crippen LogP contribution in [-0.2, 0) is 6.54 Å². The van der Waals surface area contributed by atoms with E-state index in [1.54, 1.807) is 0 Å². The number of rotatable bonds is 4. The SMILES string of the molecule is Cc1nc(C)n(CC2CCCCN2CC2(O)CCCCC2)n1. The van der Waals surface area contributed by atoms with E-state index >= 15 is 0 Å². The number of aliphatic hydroxyl groups is 1. The van der Waals surface area contributed by atoms with E-state index in [0.29, 0.717) is 6.04 Å². The van der Waals surface area contributed by atoms with Gasteiger partial charge in [0.2, 0.25) is 0 Å². The molecule has 1 aliphatic carbocycles. The molecule has 1 unspecified atom stereocenters. The fourth-order valence-electron chi connectivity index (χ4n) is 4.15. The molecule has 2 fully saturated rings. The summed E-state index contributed by atoms with van der Waals surface area (Å²) in [5.74, 6) is 1.85. The van der Waals surface area contributed by atoms with Crippen molar-refractivity contribution in [2.24, 2.45) is 0 Å². The first-order chi connectivity index (χ1) is 10.6. The lowest BCUT2D eigenvalue weighted by Gasteiger charge is -2.42. The molecule has 3 rings (SSSR count). The Bertz CT molecular complexity index is 493. The Morgan fingerprint density at radius 1 is 1.14 bits per heavy atom. The van der Waals surface area contributed by atoms with Crippen LogP contribution in [0.3, 0.4) is 0 Å². The van der Waals surface area contributed by atoms with E-state index in [9.17, 15) is 5.11 Å². The average Bonchev–Trinajstić information content (AvgIpc) is 2.79. The van der Waals surface area contributed by atoms with Gasteiger partial charge < -0.3 is 5.11 Å². The van der Waals surface area contributed by atoms with Crippen LogP contribution in [0.4, 0.5) is 0 Å². The van der Waals surface area contributed by atoms with Crippen molar-refractivity contribution in [3.63, 3.8) is 0 Å². The summed E-state index contributed by atoms with van der Waals surface area (Å²) in [6, 6.07) is 0.486. The van der Waals surface area contributed by atoms with Gasteiger partial charge in [-0.25, -0.2) is 9.67 Å². The van der Waals surface area contributed by atoms with Crippen LogP contribution in [0.5, 0.6) is 0 Å². The maximum absolute atomic E-state index is 10.9. The zero-order valence-electron chi connectivity index (χ0n) is 14.1. The molecular weight excluding hydrogens is 276 g/mol. The summed E-state index contributed by atoms with van der Waals surface area (Å²) in [6.45, 7) is 6.83. The van der Waals surface area contributed by atoms with Crippen LogP contribution in [0.15, 0.2) is 0 Å². The van der Waals surface area contributed by atoms with E-state index in [1.165, 1.54) is 38.5 Å². The van der Waals surface area contributed by atoms with Crippen molar-refractivity contribution < 1.29 is 5.11 Å². The van der Waals surface area contributed by atoms with Gasteiger partial charge in [-0.3, -0.25) is 4.90 Å². The highest BCUT2D eigenvalue weighted by Gasteiger charge is 2.34. The van der Waals surface area contributed by atoms with Crippen LogP contribution < -0.4 is 0 Å². The van der Waals surface area contributed by atoms with E-state index in [-0.39, 0.29) is 0 Å². The summed E-state index contributed by atoms with van der Waals surface area (Å²) < 4.78 is 2.04. The van der Waals surface area contributed by atoms with Crippen molar-refractivity contribution in [2.45, 2.75) is 83.4 Å². The van der Waals surface area contributed by atoms with Gasteiger partial charge in [0, 0.05) is 12.6 Å². The lowest BCUT2D eigenvalue weighted by Crippen LogP contribution is -2.51. The number of β-amino-alcohol motifs (C(OH)–C–C–N with tert-alkyl or cyclic N) is 1. The van der Waals surface area contributed by atoms with Crippen molar-refractivity contribution in [2.75, 3.05) is 13.1 Å². The topological polar surface area (TPSA) is 54.2 Å². The van der Waals surface area contributed by atoms with Crippen molar-refractivity contribution >= 4 is 0 Å². The second-order valence-electron chi connectivity index (χ2n) is 7.29. The first-order valence-electron chi connectivity index (χ1n) is 8.90. The number of likely N-dealkylation sites (tertiary alicyclic amines) is 1. The molecule has 1 saturated heterocycles. The van der Waals surface area contributed by atoms with Gasteiger partial charge in [-0.05, 0) is 46.1 Å². The molecule has 2 aliphatic rings. The highest BCUT2D eigenvalue weighted by Crippen LogP contribution is 2.31. The van der Waals surface area contributed by atoms with Gasteiger partial charge in [0.1, 0.15) is 11.6 Å². The summed E-state index contributed by atoms with van der Waals surface area (Å²) in [5, 5.41) is 15.4. The van der Waals surface area contributed by atoms with Crippen LogP contribution in [0.2, 0.25) is 0 Å². The highest BCUT2D eigenvalue weighted by molar-refractivity contribution is 4.92. The Labute approximate surface area is 133 Å². The van der Waals surface area contributed by atoms with Crippen molar-refractivity contribution in [3.8, 4) is 0 Å². The smallest absolute Gasteiger partial charge is 0.147 e. The quantitative estimate of drug-likeness (QED) is 0.928. The Morgan fingerprint density at radius 2 is 1.91 bits per heavy atom. The normalized spacial score (nSPS) is 26.2. The summed E-state index contributed by atoms with van der Waals surface area (Å²) in [7, 11) is 0. The number of piperidine rings is 1. The molecule has 0 radical (unpaired) electrons. The number of hydrogen-bond acceptors (Lipinski definition) is 4. The van der Waals surface area contributed by atoms with Gasteiger partial charge in [-0.15, -0.1) is 0 Å². The third-order valence-corrected chi connectivity index (χ3v) is 5.38. The number of aryl methyl sites for hydroxylation is 2. The molecule has 1 atom stereocenters. The molecule has 1 aromatic rings. The maximum Gasteiger partial charge on any atom is 0.147 e. The summed E-state index contributed by atoms with van der Waals surface area (Å²) in [4.78, 5) is 6.93. The van der Waals surface area contributed by atoms with Crippen molar-refractivity contribution in [1.82, 2.24) is 19.7 Å². The zero-order chi connectivity index (χ0) is 15.6. The Balaban J connectivity index is 1.67. The summed E-state index contributed by atoms with van der Waals surface area (Å²) in [6.07, 6.45) is 9.31. The van der Waals surface area contributed by atoms with Gasteiger partial charge in [-0.1, -0.05) is 25.7 Å². The zero-order valence-corrected chi connectivity index (χ0v) is 14.1. The van der Waals surface area contributed by atoms with Crippen LogP contribution >= 0.6 is 0 Å². The summed E-state index contributed by atoms with van der Waals surface area (Å²) >= 11 is 0. The first kappa shape index (κ1) is 15.9. The number of aromatic nitrogens is 3. The average molecular weight is 306 g/mol.